The fourth-order valence-electron chi connectivity index (χ4n) is 2.98. The van der Waals surface area contributed by atoms with Gasteiger partial charge in [-0.1, -0.05) is 6.07 Å². The monoisotopic (exact) mass is 321 g/mol. The number of methoxy groups -OCH3 is 1. The quantitative estimate of drug-likeness (QED) is 0.909. The van der Waals surface area contributed by atoms with Crippen molar-refractivity contribution in [2.45, 2.75) is 51.7 Å². The molecule has 2 rings (SSSR count). The van der Waals surface area contributed by atoms with Gasteiger partial charge in [-0.25, -0.2) is 4.79 Å². The average molecular weight is 321 g/mol. The highest BCUT2D eigenvalue weighted by Gasteiger charge is 2.33. The Bertz CT molecular complexity index is 565. The van der Waals surface area contributed by atoms with Gasteiger partial charge in [0.2, 0.25) is 0 Å². The molecule has 0 bridgehead atoms. The van der Waals surface area contributed by atoms with Gasteiger partial charge in [-0.2, -0.15) is 0 Å². The molecule has 1 heterocycles. The minimum Gasteiger partial charge on any atom is -0.497 e. The lowest BCUT2D eigenvalue weighted by atomic mass is 9.85. The van der Waals surface area contributed by atoms with Crippen molar-refractivity contribution in [1.29, 1.82) is 0 Å². The molecule has 5 heteroatoms. The molecule has 1 fully saturated rings. The van der Waals surface area contributed by atoms with Crippen LogP contribution in [0.5, 0.6) is 5.75 Å². The van der Waals surface area contributed by atoms with Gasteiger partial charge in [0.15, 0.2) is 0 Å². The van der Waals surface area contributed by atoms with Crippen molar-refractivity contribution in [3.63, 3.8) is 0 Å². The van der Waals surface area contributed by atoms with Crippen LogP contribution in [0.25, 0.3) is 0 Å². The van der Waals surface area contributed by atoms with Crippen molar-refractivity contribution < 1.29 is 19.4 Å². The smallest absolute Gasteiger partial charge is 0.410 e. The van der Waals surface area contributed by atoms with Gasteiger partial charge in [0.1, 0.15) is 11.4 Å². The number of ether oxygens (including phenoxy) is 2. The number of rotatable bonds is 2. The molecular weight excluding hydrogens is 294 g/mol. The number of hydrogen-bond donors (Lipinski definition) is 1. The molecule has 0 spiro atoms. The second kappa shape index (κ2) is 6.79. The first kappa shape index (κ1) is 17.6. The maximum absolute atomic E-state index is 12.1. The van der Waals surface area contributed by atoms with Crippen LogP contribution in [0.4, 0.5) is 4.79 Å². The number of carbonyl (C=O) groups is 1. The number of aliphatic hydroxyl groups excluding tert-OH is 1. The Morgan fingerprint density at radius 1 is 1.35 bits per heavy atom. The van der Waals surface area contributed by atoms with E-state index in [0.29, 0.717) is 19.5 Å². The lowest BCUT2D eigenvalue weighted by Gasteiger charge is -2.37. The van der Waals surface area contributed by atoms with Crippen LogP contribution in [0, 0.1) is 6.92 Å². The number of benzene rings is 1. The minimum absolute atomic E-state index is 0.0274. The normalized spacial score (nSPS) is 21.9. The molecule has 2 atom stereocenters. The molecule has 0 aliphatic carbocycles. The maximum atomic E-state index is 12.1. The highest BCUT2D eigenvalue weighted by atomic mass is 16.6. The van der Waals surface area contributed by atoms with E-state index in [2.05, 4.69) is 0 Å². The summed E-state index contributed by atoms with van der Waals surface area (Å²) in [7, 11) is 1.64. The molecule has 1 aromatic carbocycles. The Labute approximate surface area is 138 Å². The number of aliphatic hydroxyl groups is 1. The van der Waals surface area contributed by atoms with Gasteiger partial charge in [0, 0.05) is 12.5 Å². The van der Waals surface area contributed by atoms with Crippen molar-refractivity contribution in [2.24, 2.45) is 0 Å². The van der Waals surface area contributed by atoms with Crippen LogP contribution in [0.1, 0.15) is 44.2 Å². The number of β-amino-alcohol motifs (C(OH)–C–C–N with tert-alkyl or cyclic N) is 1. The van der Waals surface area contributed by atoms with Gasteiger partial charge in [-0.05, 0) is 57.4 Å². The number of likely N-dealkylation sites (tertiary alicyclic amines) is 1. The third-order valence-corrected chi connectivity index (χ3v) is 4.11. The molecule has 1 aliphatic heterocycles. The average Bonchev–Trinajstić information content (AvgIpc) is 2.45. The van der Waals surface area contributed by atoms with Gasteiger partial charge in [0.05, 0.1) is 19.8 Å². The predicted octanol–water partition coefficient (Wildman–Crippen LogP) is 3.09. The van der Waals surface area contributed by atoms with E-state index < -0.39 is 11.7 Å². The van der Waals surface area contributed by atoms with Gasteiger partial charge < -0.3 is 19.5 Å². The van der Waals surface area contributed by atoms with Crippen LogP contribution in [0.3, 0.4) is 0 Å². The molecule has 5 nitrogen and oxygen atoms in total. The van der Waals surface area contributed by atoms with E-state index in [9.17, 15) is 9.90 Å². The van der Waals surface area contributed by atoms with Crippen molar-refractivity contribution in [3.05, 3.63) is 29.3 Å². The zero-order chi connectivity index (χ0) is 17.2. The molecule has 1 amide bonds. The predicted molar refractivity (Wildman–Crippen MR) is 88.9 cm³/mol. The Morgan fingerprint density at radius 2 is 2.04 bits per heavy atom. The van der Waals surface area contributed by atoms with E-state index in [0.717, 1.165) is 16.9 Å². The highest BCUT2D eigenvalue weighted by molar-refractivity contribution is 5.68. The fraction of sp³-hybridized carbons (Fsp3) is 0.611. The Hall–Kier alpha value is -1.75. The third kappa shape index (κ3) is 4.38. The summed E-state index contributed by atoms with van der Waals surface area (Å²) in [6.07, 6.45) is -0.238. The molecule has 1 N–H and O–H groups in total. The summed E-state index contributed by atoms with van der Waals surface area (Å²) < 4.78 is 10.6. The van der Waals surface area contributed by atoms with Crippen LogP contribution < -0.4 is 4.74 Å². The minimum atomic E-state index is -0.594. The standard InChI is InChI=1S/C18H27NO4/c1-12-10-13(22-5)6-7-14(12)15-8-9-19(11-16(15)20)17(21)23-18(2,3)4/h6-7,10,15-16,20H,8-9,11H2,1-5H3/t15-,16+/m0/s1. The summed E-state index contributed by atoms with van der Waals surface area (Å²) in [4.78, 5) is 13.7. The number of hydrogen-bond acceptors (Lipinski definition) is 4. The summed E-state index contributed by atoms with van der Waals surface area (Å²) >= 11 is 0. The Morgan fingerprint density at radius 3 is 2.57 bits per heavy atom. The van der Waals surface area contributed by atoms with Crippen molar-refractivity contribution in [1.82, 2.24) is 4.90 Å². The fourth-order valence-corrected chi connectivity index (χ4v) is 2.98. The summed E-state index contributed by atoms with van der Waals surface area (Å²) in [5.41, 5.74) is 1.69. The molecule has 23 heavy (non-hydrogen) atoms. The second-order valence-corrected chi connectivity index (χ2v) is 7.11. The van der Waals surface area contributed by atoms with E-state index in [-0.39, 0.29) is 12.0 Å². The lowest BCUT2D eigenvalue weighted by molar-refractivity contribution is -0.00156. The summed E-state index contributed by atoms with van der Waals surface area (Å²) in [5, 5.41) is 10.5. The molecule has 128 valence electrons. The first-order valence-electron chi connectivity index (χ1n) is 8.02. The maximum Gasteiger partial charge on any atom is 0.410 e. The van der Waals surface area contributed by atoms with E-state index >= 15 is 0 Å². The van der Waals surface area contributed by atoms with Crippen LogP contribution >= 0.6 is 0 Å². The van der Waals surface area contributed by atoms with Crippen LogP contribution in [0.2, 0.25) is 0 Å². The molecule has 0 saturated carbocycles. The van der Waals surface area contributed by atoms with Crippen molar-refractivity contribution in [3.8, 4) is 5.75 Å². The van der Waals surface area contributed by atoms with Gasteiger partial charge in [-0.3, -0.25) is 0 Å². The van der Waals surface area contributed by atoms with Gasteiger partial charge in [-0.15, -0.1) is 0 Å². The van der Waals surface area contributed by atoms with E-state index in [1.54, 1.807) is 12.0 Å². The molecule has 0 radical (unpaired) electrons. The Balaban J connectivity index is 2.06. The van der Waals surface area contributed by atoms with Crippen molar-refractivity contribution >= 4 is 6.09 Å². The second-order valence-electron chi connectivity index (χ2n) is 7.11. The zero-order valence-electron chi connectivity index (χ0n) is 14.6. The topological polar surface area (TPSA) is 59.0 Å². The zero-order valence-corrected chi connectivity index (χ0v) is 14.6. The SMILES string of the molecule is COc1ccc([C@@H]2CCN(C(=O)OC(C)(C)C)C[C@H]2O)c(C)c1. The molecule has 0 aromatic heterocycles. The highest BCUT2D eigenvalue weighted by Crippen LogP contribution is 2.32. The largest absolute Gasteiger partial charge is 0.497 e. The summed E-state index contributed by atoms with van der Waals surface area (Å²) in [5.74, 6) is 0.839. The van der Waals surface area contributed by atoms with E-state index in [1.165, 1.54) is 0 Å². The number of nitrogens with zero attached hydrogens (tertiary/aromatic N) is 1. The number of amides is 1. The van der Waals surface area contributed by atoms with E-state index in [4.69, 9.17) is 9.47 Å². The van der Waals surface area contributed by atoms with E-state index in [1.807, 2.05) is 45.9 Å². The summed E-state index contributed by atoms with van der Waals surface area (Å²) in [6.45, 7) is 8.43. The Kier molecular flexibility index (Phi) is 5.19. The number of carbonyl (C=O) groups excluding carboxylic acids is 1. The first-order valence-corrected chi connectivity index (χ1v) is 8.02. The van der Waals surface area contributed by atoms with Crippen LogP contribution in [-0.4, -0.2) is 48.0 Å². The number of piperidine rings is 1. The van der Waals surface area contributed by atoms with Crippen LogP contribution in [0.15, 0.2) is 18.2 Å². The summed E-state index contributed by atoms with van der Waals surface area (Å²) in [6, 6.07) is 5.89. The lowest BCUT2D eigenvalue weighted by Crippen LogP contribution is -2.47. The van der Waals surface area contributed by atoms with Crippen LogP contribution in [-0.2, 0) is 4.74 Å². The molecule has 1 saturated heterocycles. The number of aryl methyl sites for hydroxylation is 1. The van der Waals surface area contributed by atoms with Gasteiger partial charge >= 0.3 is 6.09 Å². The molecule has 0 unspecified atom stereocenters. The molecule has 1 aromatic rings. The molecular formula is C18H27NO4. The first-order chi connectivity index (χ1) is 10.7. The third-order valence-electron chi connectivity index (χ3n) is 4.11. The van der Waals surface area contributed by atoms with Gasteiger partial charge in [0.25, 0.3) is 0 Å². The molecule has 1 aliphatic rings. The van der Waals surface area contributed by atoms with Crippen molar-refractivity contribution in [2.75, 3.05) is 20.2 Å².